The molecule has 1 aromatic heterocycles. The van der Waals surface area contributed by atoms with Crippen molar-refractivity contribution in [3.05, 3.63) is 63.6 Å². The van der Waals surface area contributed by atoms with E-state index in [1.165, 1.54) is 24.1 Å². The van der Waals surface area contributed by atoms with Crippen LogP contribution in [0.15, 0.2) is 41.2 Å². The maximum Gasteiger partial charge on any atom is 0.259 e. The molecule has 0 bridgehead atoms. The molecule has 1 heterocycles. The lowest BCUT2D eigenvalue weighted by atomic mass is 10.0. The van der Waals surface area contributed by atoms with Crippen molar-refractivity contribution < 1.29 is 0 Å². The molecule has 0 amide bonds. The molecule has 0 spiro atoms. The molecule has 104 valence electrons. The Morgan fingerprint density at radius 2 is 1.80 bits per heavy atom. The first-order valence-corrected chi connectivity index (χ1v) is 7.33. The molecule has 20 heavy (non-hydrogen) atoms. The van der Waals surface area contributed by atoms with Gasteiger partial charge in [0.15, 0.2) is 0 Å². The Balaban J connectivity index is 2.28. The molecule has 0 aliphatic heterocycles. The molecule has 2 aromatic rings. The number of rotatable bonds is 2. The molecule has 2 N–H and O–H groups in total. The smallest absolute Gasteiger partial charge is 0.259 e. The average molecular weight is 268 g/mol. The van der Waals surface area contributed by atoms with Crippen molar-refractivity contribution in [3.8, 4) is 5.69 Å². The topological polar surface area (TPSA) is 48.0 Å². The van der Waals surface area contributed by atoms with E-state index in [4.69, 9.17) is 5.73 Å². The second-order valence-corrected chi connectivity index (χ2v) is 5.38. The highest BCUT2D eigenvalue weighted by atomic mass is 16.1. The van der Waals surface area contributed by atoms with Gasteiger partial charge >= 0.3 is 0 Å². The van der Waals surface area contributed by atoms with Crippen molar-refractivity contribution in [2.24, 2.45) is 5.73 Å². The molecule has 1 aliphatic carbocycles. The summed E-state index contributed by atoms with van der Waals surface area (Å²) >= 11 is 0. The standard InChI is InChI=1S/C17H20N2O/c18-12-14-11-13-7-3-1-6-10-16(13)19(17(14)20)15-8-4-2-5-9-15/h2,4-5,8-9,11H,1,3,6-7,10,12,18H2. The number of nitrogens with two attached hydrogens (primary N) is 1. The minimum atomic E-state index is 0.0411. The van der Waals surface area contributed by atoms with Crippen molar-refractivity contribution in [2.75, 3.05) is 0 Å². The summed E-state index contributed by atoms with van der Waals surface area (Å²) in [6, 6.07) is 11.9. The van der Waals surface area contributed by atoms with E-state index >= 15 is 0 Å². The fourth-order valence-corrected chi connectivity index (χ4v) is 3.04. The number of aryl methyl sites for hydroxylation is 1. The van der Waals surface area contributed by atoms with Gasteiger partial charge in [-0.3, -0.25) is 9.36 Å². The van der Waals surface area contributed by atoms with Crippen LogP contribution < -0.4 is 11.3 Å². The first-order valence-electron chi connectivity index (χ1n) is 7.33. The number of hydrogen-bond donors (Lipinski definition) is 1. The number of nitrogens with zero attached hydrogens (tertiary/aromatic N) is 1. The van der Waals surface area contributed by atoms with Crippen molar-refractivity contribution in [1.82, 2.24) is 4.57 Å². The van der Waals surface area contributed by atoms with E-state index in [-0.39, 0.29) is 5.56 Å². The summed E-state index contributed by atoms with van der Waals surface area (Å²) in [6.07, 6.45) is 5.61. The van der Waals surface area contributed by atoms with Gasteiger partial charge in [-0.15, -0.1) is 0 Å². The number of para-hydroxylation sites is 1. The molecule has 3 rings (SSSR count). The van der Waals surface area contributed by atoms with Crippen molar-refractivity contribution in [1.29, 1.82) is 0 Å². The van der Waals surface area contributed by atoms with Crippen LogP contribution in [-0.2, 0) is 19.4 Å². The van der Waals surface area contributed by atoms with Gasteiger partial charge in [0.2, 0.25) is 0 Å². The lowest BCUT2D eigenvalue weighted by Crippen LogP contribution is -2.28. The second kappa shape index (κ2) is 5.63. The molecule has 0 saturated heterocycles. The quantitative estimate of drug-likeness (QED) is 0.851. The van der Waals surface area contributed by atoms with E-state index in [0.717, 1.165) is 30.5 Å². The van der Waals surface area contributed by atoms with E-state index < -0.39 is 0 Å². The zero-order valence-corrected chi connectivity index (χ0v) is 11.6. The highest BCUT2D eigenvalue weighted by Gasteiger charge is 2.17. The largest absolute Gasteiger partial charge is 0.326 e. The number of benzene rings is 1. The Kier molecular flexibility index (Phi) is 3.70. The zero-order valence-electron chi connectivity index (χ0n) is 11.6. The normalized spacial score (nSPS) is 14.7. The van der Waals surface area contributed by atoms with Crippen LogP contribution in [-0.4, -0.2) is 4.57 Å². The maximum absolute atomic E-state index is 12.7. The Morgan fingerprint density at radius 1 is 1.05 bits per heavy atom. The first kappa shape index (κ1) is 13.1. The van der Waals surface area contributed by atoms with Crippen LogP contribution in [0.5, 0.6) is 0 Å². The SMILES string of the molecule is NCc1cc2c(n(-c3ccccc3)c1=O)CCCCC2. The predicted octanol–water partition coefficient (Wildman–Crippen LogP) is 2.57. The molecular formula is C17H20N2O. The number of aromatic nitrogens is 1. The Hall–Kier alpha value is -1.87. The molecule has 3 heteroatoms. The van der Waals surface area contributed by atoms with Gasteiger partial charge in [-0.1, -0.05) is 24.6 Å². The summed E-state index contributed by atoms with van der Waals surface area (Å²) in [6.45, 7) is 0.305. The fraction of sp³-hybridized carbons (Fsp3) is 0.353. The monoisotopic (exact) mass is 268 g/mol. The fourth-order valence-electron chi connectivity index (χ4n) is 3.04. The summed E-state index contributed by atoms with van der Waals surface area (Å²) in [5, 5.41) is 0. The number of fused-ring (bicyclic) bond motifs is 1. The molecule has 0 unspecified atom stereocenters. The van der Waals surface area contributed by atoms with Crippen molar-refractivity contribution in [2.45, 2.75) is 38.6 Å². The van der Waals surface area contributed by atoms with Gasteiger partial charge in [0.25, 0.3) is 5.56 Å². The predicted molar refractivity (Wildman–Crippen MR) is 81.2 cm³/mol. The Morgan fingerprint density at radius 3 is 2.55 bits per heavy atom. The van der Waals surface area contributed by atoms with E-state index in [9.17, 15) is 4.79 Å². The van der Waals surface area contributed by atoms with Crippen LogP contribution in [0, 0.1) is 0 Å². The van der Waals surface area contributed by atoms with Crippen LogP contribution in [0.25, 0.3) is 5.69 Å². The van der Waals surface area contributed by atoms with E-state index in [2.05, 4.69) is 0 Å². The van der Waals surface area contributed by atoms with E-state index in [1.54, 1.807) is 0 Å². The van der Waals surface area contributed by atoms with E-state index in [1.807, 2.05) is 41.0 Å². The molecule has 0 radical (unpaired) electrons. The van der Waals surface area contributed by atoms with Crippen molar-refractivity contribution >= 4 is 0 Å². The molecule has 3 nitrogen and oxygen atoms in total. The van der Waals surface area contributed by atoms with E-state index in [0.29, 0.717) is 6.54 Å². The molecule has 0 saturated carbocycles. The van der Waals surface area contributed by atoms with Gasteiger partial charge in [-0.05, 0) is 49.4 Å². The summed E-state index contributed by atoms with van der Waals surface area (Å²) in [7, 11) is 0. The van der Waals surface area contributed by atoms with Crippen LogP contribution in [0.3, 0.4) is 0 Å². The van der Waals surface area contributed by atoms with Crippen molar-refractivity contribution in [3.63, 3.8) is 0 Å². The lowest BCUT2D eigenvalue weighted by Gasteiger charge is -2.17. The number of hydrogen-bond acceptors (Lipinski definition) is 2. The third-order valence-electron chi connectivity index (χ3n) is 4.06. The van der Waals surface area contributed by atoms with Crippen LogP contribution >= 0.6 is 0 Å². The lowest BCUT2D eigenvalue weighted by molar-refractivity contribution is 0.702. The third-order valence-corrected chi connectivity index (χ3v) is 4.06. The number of pyridine rings is 1. The first-order chi connectivity index (χ1) is 9.81. The van der Waals surface area contributed by atoms with Gasteiger partial charge in [0.05, 0.1) is 0 Å². The Labute approximate surface area is 119 Å². The minimum absolute atomic E-state index is 0.0411. The summed E-state index contributed by atoms with van der Waals surface area (Å²) in [4.78, 5) is 12.7. The molecular weight excluding hydrogens is 248 g/mol. The van der Waals surface area contributed by atoms with Gasteiger partial charge in [0.1, 0.15) is 0 Å². The molecule has 0 fully saturated rings. The zero-order chi connectivity index (χ0) is 13.9. The minimum Gasteiger partial charge on any atom is -0.326 e. The van der Waals surface area contributed by atoms with Gasteiger partial charge in [-0.2, -0.15) is 0 Å². The third kappa shape index (κ3) is 2.29. The average Bonchev–Trinajstić information content (AvgIpc) is 2.72. The summed E-state index contributed by atoms with van der Waals surface area (Å²) in [5.41, 5.74) is 9.94. The van der Waals surface area contributed by atoms with Gasteiger partial charge in [0, 0.05) is 23.5 Å². The molecule has 1 aromatic carbocycles. The van der Waals surface area contributed by atoms with Gasteiger partial charge in [-0.25, -0.2) is 0 Å². The second-order valence-electron chi connectivity index (χ2n) is 5.38. The Bertz CT molecular complexity index is 659. The molecule has 1 aliphatic rings. The van der Waals surface area contributed by atoms with Crippen LogP contribution in [0.1, 0.15) is 36.1 Å². The highest BCUT2D eigenvalue weighted by Crippen LogP contribution is 2.22. The molecule has 0 atom stereocenters. The maximum atomic E-state index is 12.7. The van der Waals surface area contributed by atoms with Crippen LogP contribution in [0.2, 0.25) is 0 Å². The van der Waals surface area contributed by atoms with Gasteiger partial charge < -0.3 is 5.73 Å². The highest BCUT2D eigenvalue weighted by molar-refractivity contribution is 5.39. The summed E-state index contributed by atoms with van der Waals surface area (Å²) < 4.78 is 1.88. The van der Waals surface area contributed by atoms with Crippen LogP contribution in [0.4, 0.5) is 0 Å². The summed E-state index contributed by atoms with van der Waals surface area (Å²) in [5.74, 6) is 0.